The van der Waals surface area contributed by atoms with E-state index in [-0.39, 0.29) is 17.0 Å². The van der Waals surface area contributed by atoms with E-state index < -0.39 is 16.0 Å². The Morgan fingerprint density at radius 2 is 1.92 bits per heavy atom. The summed E-state index contributed by atoms with van der Waals surface area (Å²) < 4.78 is 29.6. The highest BCUT2D eigenvalue weighted by atomic mass is 32.2. The topological polar surface area (TPSA) is 88.4 Å². The zero-order chi connectivity index (χ0) is 17.3. The molecule has 0 saturated carbocycles. The van der Waals surface area contributed by atoms with Crippen LogP contribution in [-0.4, -0.2) is 24.1 Å². The number of para-hydroxylation sites is 1. The molecule has 0 unspecified atom stereocenters. The molecule has 2 N–H and O–H groups in total. The molecule has 1 heterocycles. The van der Waals surface area contributed by atoms with Gasteiger partial charge in [-0.05, 0) is 29.8 Å². The summed E-state index contributed by atoms with van der Waals surface area (Å²) in [6.45, 7) is 0.0181. The normalized spacial score (nSPS) is 11.7. The van der Waals surface area contributed by atoms with Gasteiger partial charge in [0, 0.05) is 25.2 Å². The molecule has 0 amide bonds. The van der Waals surface area contributed by atoms with Crippen molar-refractivity contribution in [3.8, 4) is 0 Å². The van der Waals surface area contributed by atoms with Gasteiger partial charge < -0.3 is 9.67 Å². The molecule has 0 bridgehead atoms. The highest BCUT2D eigenvalue weighted by Crippen LogP contribution is 2.23. The smallest absolute Gasteiger partial charge is 0.335 e. The van der Waals surface area contributed by atoms with E-state index in [1.54, 1.807) is 42.1 Å². The van der Waals surface area contributed by atoms with Gasteiger partial charge in [-0.25, -0.2) is 17.9 Å². The fourth-order valence-corrected chi connectivity index (χ4v) is 3.89. The van der Waals surface area contributed by atoms with E-state index in [0.717, 1.165) is 5.39 Å². The summed E-state index contributed by atoms with van der Waals surface area (Å²) >= 11 is 0. The highest BCUT2D eigenvalue weighted by molar-refractivity contribution is 7.89. The molecule has 0 radical (unpaired) electrons. The van der Waals surface area contributed by atoms with Crippen molar-refractivity contribution in [1.29, 1.82) is 0 Å². The summed E-state index contributed by atoms with van der Waals surface area (Å²) in [5, 5.41) is 9.84. The number of nitrogens with zero attached hydrogens (tertiary/aromatic N) is 1. The number of hydrogen-bond donors (Lipinski definition) is 2. The molecule has 0 atom stereocenters. The summed E-state index contributed by atoms with van der Waals surface area (Å²) in [7, 11) is -1.94. The molecule has 3 rings (SSSR count). The van der Waals surface area contributed by atoms with E-state index in [4.69, 9.17) is 5.11 Å². The number of aromatic carboxylic acids is 1. The van der Waals surface area contributed by atoms with Gasteiger partial charge >= 0.3 is 5.97 Å². The minimum Gasteiger partial charge on any atom is -0.478 e. The Morgan fingerprint density at radius 1 is 1.17 bits per heavy atom. The summed E-state index contributed by atoms with van der Waals surface area (Å²) in [6.07, 6.45) is 1.81. The van der Waals surface area contributed by atoms with Crippen LogP contribution in [0.25, 0.3) is 10.9 Å². The van der Waals surface area contributed by atoms with Gasteiger partial charge in [-0.2, -0.15) is 0 Å². The lowest BCUT2D eigenvalue weighted by atomic mass is 10.1. The molecule has 0 spiro atoms. The molecule has 24 heavy (non-hydrogen) atoms. The Labute approximate surface area is 139 Å². The molecule has 0 saturated heterocycles. The lowest BCUT2D eigenvalue weighted by Gasteiger charge is -2.10. The number of carbonyl (C=O) groups is 1. The SMILES string of the molecule is Cn1ccc2cccc(S(=O)(=O)NCc3cccc(C(=O)O)c3)c21. The van der Waals surface area contributed by atoms with E-state index >= 15 is 0 Å². The van der Waals surface area contributed by atoms with Gasteiger partial charge in [-0.15, -0.1) is 0 Å². The Kier molecular flexibility index (Phi) is 4.13. The van der Waals surface area contributed by atoms with Gasteiger partial charge in [-0.3, -0.25) is 0 Å². The third-order valence-corrected chi connectivity index (χ3v) is 5.22. The Morgan fingerprint density at radius 3 is 2.67 bits per heavy atom. The van der Waals surface area contributed by atoms with Crippen LogP contribution in [0.3, 0.4) is 0 Å². The highest BCUT2D eigenvalue weighted by Gasteiger charge is 2.19. The number of carboxylic acid groups (broad SMARTS) is 1. The number of fused-ring (bicyclic) bond motifs is 1. The molecule has 2 aromatic carbocycles. The number of aromatic nitrogens is 1. The minimum atomic E-state index is -3.73. The zero-order valence-electron chi connectivity index (χ0n) is 12.9. The van der Waals surface area contributed by atoms with Crippen molar-refractivity contribution in [3.63, 3.8) is 0 Å². The van der Waals surface area contributed by atoms with Crippen molar-refractivity contribution >= 4 is 26.9 Å². The van der Waals surface area contributed by atoms with Gasteiger partial charge in [0.15, 0.2) is 0 Å². The Balaban J connectivity index is 1.90. The van der Waals surface area contributed by atoms with Crippen LogP contribution in [0.1, 0.15) is 15.9 Å². The number of hydrogen-bond acceptors (Lipinski definition) is 3. The lowest BCUT2D eigenvalue weighted by Crippen LogP contribution is -2.24. The largest absolute Gasteiger partial charge is 0.478 e. The van der Waals surface area contributed by atoms with E-state index in [2.05, 4.69) is 4.72 Å². The van der Waals surface area contributed by atoms with E-state index in [1.807, 2.05) is 12.1 Å². The average molecular weight is 344 g/mol. The molecular formula is C17H16N2O4S. The first-order chi connectivity index (χ1) is 11.4. The Bertz CT molecular complexity index is 1020. The fourth-order valence-electron chi connectivity index (χ4n) is 2.61. The van der Waals surface area contributed by atoms with Crippen LogP contribution < -0.4 is 4.72 Å². The first kappa shape index (κ1) is 16.2. The van der Waals surface area contributed by atoms with Gasteiger partial charge in [0.25, 0.3) is 0 Å². The molecule has 0 fully saturated rings. The Hall–Kier alpha value is -2.64. The summed E-state index contributed by atoms with van der Waals surface area (Å²) in [5.74, 6) is -1.05. The van der Waals surface area contributed by atoms with Gasteiger partial charge in [0.05, 0.1) is 11.1 Å². The second kappa shape index (κ2) is 6.10. The van der Waals surface area contributed by atoms with Crippen molar-refractivity contribution in [2.45, 2.75) is 11.4 Å². The van der Waals surface area contributed by atoms with Crippen molar-refractivity contribution in [3.05, 3.63) is 65.9 Å². The molecule has 124 valence electrons. The molecular weight excluding hydrogens is 328 g/mol. The maximum Gasteiger partial charge on any atom is 0.335 e. The first-order valence-electron chi connectivity index (χ1n) is 7.24. The van der Waals surface area contributed by atoms with Crippen LogP contribution in [0.15, 0.2) is 59.6 Å². The van der Waals surface area contributed by atoms with Crippen LogP contribution in [0.5, 0.6) is 0 Å². The predicted molar refractivity (Wildman–Crippen MR) is 90.3 cm³/mol. The first-order valence-corrected chi connectivity index (χ1v) is 8.73. The van der Waals surface area contributed by atoms with Crippen molar-refractivity contribution in [2.24, 2.45) is 7.05 Å². The maximum absolute atomic E-state index is 12.6. The molecule has 0 aliphatic rings. The van der Waals surface area contributed by atoms with Crippen LogP contribution >= 0.6 is 0 Å². The third-order valence-electron chi connectivity index (χ3n) is 3.79. The monoisotopic (exact) mass is 344 g/mol. The number of benzene rings is 2. The maximum atomic E-state index is 12.6. The van der Waals surface area contributed by atoms with E-state index in [1.165, 1.54) is 12.1 Å². The van der Waals surface area contributed by atoms with E-state index in [9.17, 15) is 13.2 Å². The molecule has 0 aliphatic carbocycles. The van der Waals surface area contributed by atoms with Crippen LogP contribution in [0.4, 0.5) is 0 Å². The molecule has 3 aromatic rings. The predicted octanol–water partition coefficient (Wildman–Crippen LogP) is 2.35. The molecule has 7 heteroatoms. The van der Waals surface area contributed by atoms with E-state index in [0.29, 0.717) is 11.1 Å². The number of aryl methyl sites for hydroxylation is 1. The molecule has 6 nitrogen and oxygen atoms in total. The second-order valence-corrected chi connectivity index (χ2v) is 7.19. The number of nitrogens with one attached hydrogen (secondary N) is 1. The van der Waals surface area contributed by atoms with Crippen LogP contribution in [-0.2, 0) is 23.6 Å². The molecule has 1 aromatic heterocycles. The standard InChI is InChI=1S/C17H16N2O4S/c1-19-9-8-13-5-3-7-15(16(13)19)24(22,23)18-11-12-4-2-6-14(10-12)17(20)21/h2-10,18H,11H2,1H3,(H,20,21). The van der Waals surface area contributed by atoms with Gasteiger partial charge in [0.2, 0.25) is 10.0 Å². The summed E-state index contributed by atoms with van der Waals surface area (Å²) in [5.41, 5.74) is 1.33. The van der Waals surface area contributed by atoms with Crippen LogP contribution in [0, 0.1) is 0 Å². The van der Waals surface area contributed by atoms with Crippen molar-refractivity contribution < 1.29 is 18.3 Å². The van der Waals surface area contributed by atoms with Crippen molar-refractivity contribution in [1.82, 2.24) is 9.29 Å². The number of rotatable bonds is 5. The van der Waals surface area contributed by atoms with Gasteiger partial charge in [-0.1, -0.05) is 24.3 Å². The average Bonchev–Trinajstić information content (AvgIpc) is 2.95. The van der Waals surface area contributed by atoms with Crippen LogP contribution in [0.2, 0.25) is 0 Å². The number of carboxylic acids is 1. The fraction of sp³-hybridized carbons (Fsp3) is 0.118. The third kappa shape index (κ3) is 3.04. The second-order valence-electron chi connectivity index (χ2n) is 5.45. The molecule has 0 aliphatic heterocycles. The number of sulfonamides is 1. The summed E-state index contributed by atoms with van der Waals surface area (Å²) in [4.78, 5) is 11.2. The summed E-state index contributed by atoms with van der Waals surface area (Å²) in [6, 6.07) is 13.1. The lowest BCUT2D eigenvalue weighted by molar-refractivity contribution is 0.0696. The van der Waals surface area contributed by atoms with Crippen molar-refractivity contribution in [2.75, 3.05) is 0 Å². The quantitative estimate of drug-likeness (QED) is 0.744. The zero-order valence-corrected chi connectivity index (χ0v) is 13.7. The van der Waals surface area contributed by atoms with Gasteiger partial charge in [0.1, 0.15) is 4.90 Å². The minimum absolute atomic E-state index is 0.0181.